The number of anilines is 1. The van der Waals surface area contributed by atoms with E-state index in [0.717, 1.165) is 17.7 Å². The molecule has 0 atom stereocenters. The third kappa shape index (κ3) is 3.62. The van der Waals surface area contributed by atoms with Crippen LogP contribution in [0.15, 0.2) is 24.3 Å². The summed E-state index contributed by atoms with van der Waals surface area (Å²) in [6.45, 7) is 7.62. The molecule has 5 heteroatoms. The number of aryl methyl sites for hydroxylation is 2. The minimum absolute atomic E-state index is 0.236. The summed E-state index contributed by atoms with van der Waals surface area (Å²) in [4.78, 5) is 27.4. The molecule has 0 saturated carbocycles. The number of H-pyrrole nitrogens is 1. The number of hydrogen-bond donors (Lipinski definition) is 2. The molecule has 1 amide bonds. The van der Waals surface area contributed by atoms with Gasteiger partial charge in [0.25, 0.3) is 5.91 Å². The second-order valence-electron chi connectivity index (χ2n) is 5.35. The van der Waals surface area contributed by atoms with E-state index < -0.39 is 5.97 Å². The molecule has 23 heavy (non-hydrogen) atoms. The van der Waals surface area contributed by atoms with E-state index in [4.69, 9.17) is 4.74 Å². The first kappa shape index (κ1) is 16.8. The third-order valence-electron chi connectivity index (χ3n) is 3.74. The lowest BCUT2D eigenvalue weighted by atomic mass is 10.1. The zero-order valence-electron chi connectivity index (χ0n) is 13.9. The number of hydrogen-bond acceptors (Lipinski definition) is 3. The zero-order chi connectivity index (χ0) is 17.0. The standard InChI is InChI=1S/C18H22N2O3/c1-5-13-8-7-9-14(10-13)20-17(21)15-11(3)16(19-12(15)4)18(22)23-6-2/h7-10,19H,5-6H2,1-4H3,(H,20,21). The van der Waals surface area contributed by atoms with Gasteiger partial charge in [0.1, 0.15) is 5.69 Å². The van der Waals surface area contributed by atoms with E-state index in [-0.39, 0.29) is 5.91 Å². The molecule has 0 aliphatic rings. The number of ether oxygens (including phenoxy) is 1. The highest BCUT2D eigenvalue weighted by Gasteiger charge is 2.22. The largest absolute Gasteiger partial charge is 0.461 e. The first-order valence-electron chi connectivity index (χ1n) is 7.74. The van der Waals surface area contributed by atoms with E-state index in [0.29, 0.717) is 29.1 Å². The fourth-order valence-corrected chi connectivity index (χ4v) is 2.56. The number of amides is 1. The average Bonchev–Trinajstić information content (AvgIpc) is 2.82. The normalized spacial score (nSPS) is 10.4. The lowest BCUT2D eigenvalue weighted by Crippen LogP contribution is -2.14. The highest BCUT2D eigenvalue weighted by atomic mass is 16.5. The van der Waals surface area contributed by atoms with E-state index in [1.807, 2.05) is 24.3 Å². The van der Waals surface area contributed by atoms with Crippen molar-refractivity contribution in [3.05, 3.63) is 52.3 Å². The Kier molecular flexibility index (Phi) is 5.21. The molecule has 122 valence electrons. The van der Waals surface area contributed by atoms with Gasteiger partial charge in [-0.25, -0.2) is 4.79 Å². The van der Waals surface area contributed by atoms with Gasteiger partial charge in [-0.15, -0.1) is 0 Å². The van der Waals surface area contributed by atoms with Gasteiger partial charge in [-0.2, -0.15) is 0 Å². The monoisotopic (exact) mass is 314 g/mol. The molecule has 1 aromatic carbocycles. The summed E-state index contributed by atoms with van der Waals surface area (Å²) in [5.41, 5.74) is 3.95. The predicted molar refractivity (Wildman–Crippen MR) is 90.0 cm³/mol. The van der Waals surface area contributed by atoms with Gasteiger partial charge in [-0.1, -0.05) is 19.1 Å². The van der Waals surface area contributed by atoms with Gasteiger partial charge in [0.05, 0.1) is 12.2 Å². The summed E-state index contributed by atoms with van der Waals surface area (Å²) in [5.74, 6) is -0.680. The minimum atomic E-state index is -0.444. The molecule has 0 fully saturated rings. The van der Waals surface area contributed by atoms with Gasteiger partial charge in [0.15, 0.2) is 0 Å². The highest BCUT2D eigenvalue weighted by Crippen LogP contribution is 2.21. The second-order valence-corrected chi connectivity index (χ2v) is 5.35. The number of carbonyl (C=O) groups excluding carboxylic acids is 2. The molecule has 5 nitrogen and oxygen atoms in total. The third-order valence-corrected chi connectivity index (χ3v) is 3.74. The van der Waals surface area contributed by atoms with Crippen molar-refractivity contribution in [3.63, 3.8) is 0 Å². The van der Waals surface area contributed by atoms with Crippen LogP contribution in [0.4, 0.5) is 5.69 Å². The summed E-state index contributed by atoms with van der Waals surface area (Å²) in [6, 6.07) is 7.72. The Hall–Kier alpha value is -2.56. The second kappa shape index (κ2) is 7.13. The number of esters is 1. The molecular weight excluding hydrogens is 292 g/mol. The van der Waals surface area contributed by atoms with Crippen LogP contribution in [0.1, 0.15) is 51.5 Å². The fraction of sp³-hybridized carbons (Fsp3) is 0.333. The number of benzene rings is 1. The summed E-state index contributed by atoms with van der Waals surface area (Å²) >= 11 is 0. The van der Waals surface area contributed by atoms with Gasteiger partial charge >= 0.3 is 5.97 Å². The lowest BCUT2D eigenvalue weighted by molar-refractivity contribution is 0.0519. The molecule has 1 aromatic heterocycles. The van der Waals surface area contributed by atoms with Crippen LogP contribution in [-0.4, -0.2) is 23.5 Å². The van der Waals surface area contributed by atoms with Crippen molar-refractivity contribution in [2.24, 2.45) is 0 Å². The molecule has 0 bridgehead atoms. The van der Waals surface area contributed by atoms with Crippen molar-refractivity contribution in [2.75, 3.05) is 11.9 Å². The van der Waals surface area contributed by atoms with E-state index >= 15 is 0 Å². The number of carbonyl (C=O) groups is 2. The van der Waals surface area contributed by atoms with Crippen LogP contribution in [0.25, 0.3) is 0 Å². The molecule has 2 rings (SSSR count). The maximum atomic E-state index is 12.6. The Balaban J connectivity index is 2.27. The number of nitrogens with one attached hydrogen (secondary N) is 2. The molecular formula is C18H22N2O3. The van der Waals surface area contributed by atoms with Gasteiger partial charge in [0, 0.05) is 11.4 Å². The lowest BCUT2D eigenvalue weighted by Gasteiger charge is -2.07. The molecule has 0 aliphatic heterocycles. The van der Waals surface area contributed by atoms with Crippen molar-refractivity contribution in [1.82, 2.24) is 4.98 Å². The predicted octanol–water partition coefficient (Wildman–Crippen LogP) is 3.62. The van der Waals surface area contributed by atoms with Crippen LogP contribution < -0.4 is 5.32 Å². The number of aromatic nitrogens is 1. The van der Waals surface area contributed by atoms with Crippen LogP contribution in [-0.2, 0) is 11.2 Å². The van der Waals surface area contributed by atoms with Crippen LogP contribution in [0.2, 0.25) is 0 Å². The van der Waals surface area contributed by atoms with E-state index in [1.54, 1.807) is 20.8 Å². The van der Waals surface area contributed by atoms with Crippen molar-refractivity contribution < 1.29 is 14.3 Å². The molecule has 0 radical (unpaired) electrons. The van der Waals surface area contributed by atoms with Gasteiger partial charge in [-0.3, -0.25) is 4.79 Å². The quantitative estimate of drug-likeness (QED) is 0.828. The van der Waals surface area contributed by atoms with Crippen LogP contribution in [0.5, 0.6) is 0 Å². The Morgan fingerprint density at radius 1 is 1.22 bits per heavy atom. The summed E-state index contributed by atoms with van der Waals surface area (Å²) in [5, 5.41) is 2.89. The van der Waals surface area contributed by atoms with Gasteiger partial charge in [0.2, 0.25) is 0 Å². The highest BCUT2D eigenvalue weighted by molar-refractivity contribution is 6.08. The van der Waals surface area contributed by atoms with Crippen LogP contribution in [0, 0.1) is 13.8 Å². The van der Waals surface area contributed by atoms with Crippen molar-refractivity contribution >= 4 is 17.6 Å². The topological polar surface area (TPSA) is 71.2 Å². The molecule has 0 saturated heterocycles. The number of rotatable bonds is 5. The summed E-state index contributed by atoms with van der Waals surface area (Å²) < 4.78 is 5.00. The molecule has 0 aliphatic carbocycles. The Morgan fingerprint density at radius 3 is 2.61 bits per heavy atom. The van der Waals surface area contributed by atoms with Crippen molar-refractivity contribution in [3.8, 4) is 0 Å². The SMILES string of the molecule is CCOC(=O)c1[nH]c(C)c(C(=O)Nc2cccc(CC)c2)c1C. The number of aromatic amines is 1. The Labute approximate surface area is 136 Å². The molecule has 0 spiro atoms. The van der Waals surface area contributed by atoms with E-state index in [1.165, 1.54) is 0 Å². The van der Waals surface area contributed by atoms with Gasteiger partial charge < -0.3 is 15.0 Å². The van der Waals surface area contributed by atoms with E-state index in [2.05, 4.69) is 17.2 Å². The first-order chi connectivity index (χ1) is 11.0. The maximum Gasteiger partial charge on any atom is 0.355 e. The van der Waals surface area contributed by atoms with Crippen LogP contribution >= 0.6 is 0 Å². The maximum absolute atomic E-state index is 12.6. The van der Waals surface area contributed by atoms with Gasteiger partial charge in [-0.05, 0) is 50.5 Å². The Bertz CT molecular complexity index is 732. The van der Waals surface area contributed by atoms with Crippen molar-refractivity contribution in [2.45, 2.75) is 34.1 Å². The molecule has 2 aromatic rings. The van der Waals surface area contributed by atoms with E-state index in [9.17, 15) is 9.59 Å². The minimum Gasteiger partial charge on any atom is -0.461 e. The Morgan fingerprint density at radius 2 is 1.96 bits per heavy atom. The fourth-order valence-electron chi connectivity index (χ4n) is 2.56. The summed E-state index contributed by atoms with van der Waals surface area (Å²) in [6.07, 6.45) is 0.902. The first-order valence-corrected chi connectivity index (χ1v) is 7.74. The van der Waals surface area contributed by atoms with Crippen molar-refractivity contribution in [1.29, 1.82) is 0 Å². The zero-order valence-corrected chi connectivity index (χ0v) is 13.9. The molecule has 2 N–H and O–H groups in total. The molecule has 0 unspecified atom stereocenters. The molecule has 1 heterocycles. The summed E-state index contributed by atoms with van der Waals surface area (Å²) in [7, 11) is 0. The average molecular weight is 314 g/mol. The smallest absolute Gasteiger partial charge is 0.355 e. The van der Waals surface area contributed by atoms with Crippen LogP contribution in [0.3, 0.4) is 0 Å².